The first kappa shape index (κ1) is 34.0. The minimum absolute atomic E-state index is 0.0870. The first-order valence-corrected chi connectivity index (χ1v) is 15.0. The summed E-state index contributed by atoms with van der Waals surface area (Å²) in [5.41, 5.74) is 26.3. The summed E-state index contributed by atoms with van der Waals surface area (Å²) in [7, 11) is 0. The maximum Gasteiger partial charge on any atom is 0.187 e. The van der Waals surface area contributed by atoms with Gasteiger partial charge in [-0.15, -0.1) is 0 Å². The molecule has 1 saturated carbocycles. The Kier molecular flexibility index (Phi) is 11.1. The lowest BCUT2D eigenvalue weighted by atomic mass is 9.84. The van der Waals surface area contributed by atoms with Gasteiger partial charge in [-0.3, -0.25) is 0 Å². The second-order valence-corrected chi connectivity index (χ2v) is 11.8. The maximum absolute atomic E-state index is 11.3. The van der Waals surface area contributed by atoms with E-state index in [1.54, 1.807) is 12.1 Å². The predicted octanol–water partition coefficient (Wildman–Crippen LogP) is -3.54. The average molecular weight is 637 g/mol. The first-order valence-electron chi connectivity index (χ1n) is 15.0. The Morgan fingerprint density at radius 2 is 1.18 bits per heavy atom. The van der Waals surface area contributed by atoms with E-state index in [1.165, 1.54) is 0 Å². The summed E-state index contributed by atoms with van der Waals surface area (Å²) in [6.07, 6.45) is -16.4. The Morgan fingerprint density at radius 3 is 1.78 bits per heavy atom. The normalized spacial score (nSPS) is 42.3. The topological polar surface area (TPSA) is 272 Å². The zero-order valence-corrected chi connectivity index (χ0v) is 24.5. The van der Waals surface area contributed by atoms with Crippen LogP contribution >= 0.6 is 0 Å². The monoisotopic (exact) mass is 636 g/mol. The van der Waals surface area contributed by atoms with Crippen molar-refractivity contribution in [2.75, 3.05) is 13.2 Å². The molecule has 15 heteroatoms. The van der Waals surface area contributed by atoms with Gasteiger partial charge in [0.1, 0.15) is 73.4 Å². The molecular formula is C30H44N4O11. The minimum atomic E-state index is -1.67. The molecule has 2 heterocycles. The lowest BCUT2D eigenvalue weighted by Crippen LogP contribution is -2.68. The standard InChI is InChI=1S/C30H44N4O11/c31-11-18-22(36)24(38)25(39)30(42-18)45-28-17(33)10-16(32)27(26(28)40)44-29-23(37)20(34)21(35)19(43-29)12-41-15-8-6-14(7-9-15)13-4-2-1-3-5-13/h1-9,16-30,35-40H,10-12,31-34H2/t16?,17?,18?,19-,20-,21?,22-,23-,24+,25?,26-,27-,28?,29?,30-/m1/s1. The zero-order valence-electron chi connectivity index (χ0n) is 24.5. The summed E-state index contributed by atoms with van der Waals surface area (Å²) in [5, 5.41) is 63.5. The first-order chi connectivity index (χ1) is 21.5. The van der Waals surface area contributed by atoms with Crippen molar-refractivity contribution in [3.8, 4) is 16.9 Å². The lowest BCUT2D eigenvalue weighted by molar-refractivity contribution is -0.331. The molecular weight excluding hydrogens is 592 g/mol. The van der Waals surface area contributed by atoms with Gasteiger partial charge in [0.05, 0.1) is 6.04 Å². The van der Waals surface area contributed by atoms with E-state index >= 15 is 0 Å². The smallest absolute Gasteiger partial charge is 0.187 e. The van der Waals surface area contributed by atoms with Crippen molar-refractivity contribution >= 4 is 0 Å². The molecule has 0 amide bonds. The van der Waals surface area contributed by atoms with Gasteiger partial charge in [-0.25, -0.2) is 0 Å². The van der Waals surface area contributed by atoms with E-state index in [1.807, 2.05) is 42.5 Å². The minimum Gasteiger partial charge on any atom is -0.491 e. The fourth-order valence-corrected chi connectivity index (χ4v) is 5.94. The number of rotatable bonds is 9. The van der Waals surface area contributed by atoms with Gasteiger partial charge in [0.15, 0.2) is 12.6 Å². The summed E-state index contributed by atoms with van der Waals surface area (Å²) in [6.45, 7) is -0.303. The van der Waals surface area contributed by atoms with E-state index < -0.39 is 91.7 Å². The van der Waals surface area contributed by atoms with Crippen molar-refractivity contribution in [1.29, 1.82) is 0 Å². The summed E-state index contributed by atoms with van der Waals surface area (Å²) in [5.74, 6) is 0.517. The predicted molar refractivity (Wildman–Crippen MR) is 158 cm³/mol. The summed E-state index contributed by atoms with van der Waals surface area (Å²) < 4.78 is 29.0. The van der Waals surface area contributed by atoms with Crippen LogP contribution in [0.25, 0.3) is 11.1 Å². The fraction of sp³-hybridized carbons (Fsp3) is 0.600. The Hall–Kier alpha value is -2.32. The molecule has 250 valence electrons. The molecule has 0 radical (unpaired) electrons. The number of ether oxygens (including phenoxy) is 5. The van der Waals surface area contributed by atoms with Crippen LogP contribution in [0.15, 0.2) is 54.6 Å². The molecule has 15 nitrogen and oxygen atoms in total. The molecule has 2 aromatic carbocycles. The molecule has 7 unspecified atom stereocenters. The molecule has 1 aliphatic carbocycles. The number of hydrogen-bond acceptors (Lipinski definition) is 15. The molecule has 15 atom stereocenters. The van der Waals surface area contributed by atoms with Gasteiger partial charge >= 0.3 is 0 Å². The second-order valence-electron chi connectivity index (χ2n) is 11.8. The second kappa shape index (κ2) is 14.6. The molecule has 2 aliphatic heterocycles. The van der Waals surface area contributed by atoms with E-state index in [-0.39, 0.29) is 19.6 Å². The molecule has 0 aromatic heterocycles. The maximum atomic E-state index is 11.3. The number of nitrogens with two attached hydrogens (primary N) is 4. The molecule has 45 heavy (non-hydrogen) atoms. The van der Waals surface area contributed by atoms with Gasteiger partial charge in [0.2, 0.25) is 0 Å². The van der Waals surface area contributed by atoms with E-state index in [2.05, 4.69) is 0 Å². The fourth-order valence-electron chi connectivity index (χ4n) is 5.94. The van der Waals surface area contributed by atoms with Crippen molar-refractivity contribution in [3.05, 3.63) is 54.6 Å². The van der Waals surface area contributed by atoms with Crippen LogP contribution in [0.1, 0.15) is 6.42 Å². The van der Waals surface area contributed by atoms with Crippen molar-refractivity contribution in [3.63, 3.8) is 0 Å². The van der Waals surface area contributed by atoms with Gasteiger partial charge in [-0.05, 0) is 29.7 Å². The van der Waals surface area contributed by atoms with Crippen molar-refractivity contribution in [1.82, 2.24) is 0 Å². The largest absolute Gasteiger partial charge is 0.491 e. The van der Waals surface area contributed by atoms with E-state index in [0.717, 1.165) is 11.1 Å². The zero-order chi connectivity index (χ0) is 32.4. The molecule has 14 N–H and O–H groups in total. The average Bonchev–Trinajstić information content (AvgIpc) is 3.04. The number of aliphatic hydroxyl groups excluding tert-OH is 6. The van der Waals surface area contributed by atoms with Crippen LogP contribution in [0.3, 0.4) is 0 Å². The molecule has 2 saturated heterocycles. The van der Waals surface area contributed by atoms with Gasteiger partial charge in [-0.2, -0.15) is 0 Å². The van der Waals surface area contributed by atoms with Crippen LogP contribution < -0.4 is 27.7 Å². The molecule has 2 aromatic rings. The quantitative estimate of drug-likeness (QED) is 0.128. The lowest BCUT2D eigenvalue weighted by Gasteiger charge is -2.48. The summed E-state index contributed by atoms with van der Waals surface area (Å²) in [4.78, 5) is 0. The Morgan fingerprint density at radius 1 is 0.622 bits per heavy atom. The van der Waals surface area contributed by atoms with Crippen molar-refractivity contribution < 1.29 is 54.3 Å². The highest BCUT2D eigenvalue weighted by molar-refractivity contribution is 5.63. The van der Waals surface area contributed by atoms with Crippen LogP contribution in [0.2, 0.25) is 0 Å². The van der Waals surface area contributed by atoms with Gasteiger partial charge in [-0.1, -0.05) is 42.5 Å². The number of aliphatic hydroxyl groups is 6. The molecule has 3 fully saturated rings. The molecule has 5 rings (SSSR count). The van der Waals surface area contributed by atoms with E-state index in [4.69, 9.17) is 46.6 Å². The van der Waals surface area contributed by atoms with Crippen LogP contribution in [0, 0.1) is 0 Å². The van der Waals surface area contributed by atoms with Gasteiger partial charge in [0.25, 0.3) is 0 Å². The Labute approximate surface area is 260 Å². The van der Waals surface area contributed by atoms with Crippen molar-refractivity contribution in [2.45, 2.75) is 98.2 Å². The summed E-state index contributed by atoms with van der Waals surface area (Å²) in [6, 6.07) is 14.3. The third-order valence-electron chi connectivity index (χ3n) is 8.68. The van der Waals surface area contributed by atoms with Gasteiger partial charge in [0, 0.05) is 18.6 Å². The Bertz CT molecular complexity index is 1210. The SMILES string of the molecule is NCC1O[C@H](OC2C(N)CC(N)[C@@H](OC3O[C@H](COc4ccc(-c5ccccc5)cc4)C(O)[C@@H](N)[C@H]3O)[C@H]2O)C(O)[C@@H](O)[C@@H]1O. The highest BCUT2D eigenvalue weighted by atomic mass is 16.7. The van der Waals surface area contributed by atoms with Crippen LogP contribution in [-0.2, 0) is 18.9 Å². The Balaban J connectivity index is 1.23. The van der Waals surface area contributed by atoms with Crippen LogP contribution in [0.4, 0.5) is 0 Å². The van der Waals surface area contributed by atoms with Gasteiger partial charge < -0.3 is 77.3 Å². The summed E-state index contributed by atoms with van der Waals surface area (Å²) >= 11 is 0. The molecule has 0 bridgehead atoms. The number of benzene rings is 2. The third-order valence-corrected chi connectivity index (χ3v) is 8.68. The van der Waals surface area contributed by atoms with E-state index in [9.17, 15) is 30.6 Å². The van der Waals surface area contributed by atoms with E-state index in [0.29, 0.717) is 5.75 Å². The third kappa shape index (κ3) is 7.32. The van der Waals surface area contributed by atoms with Crippen molar-refractivity contribution in [2.24, 2.45) is 22.9 Å². The molecule has 3 aliphatic rings. The highest BCUT2D eigenvalue weighted by Gasteiger charge is 2.51. The highest BCUT2D eigenvalue weighted by Crippen LogP contribution is 2.32. The number of hydrogen-bond donors (Lipinski definition) is 10. The molecule has 0 spiro atoms. The van der Waals surface area contributed by atoms with Crippen LogP contribution in [0.5, 0.6) is 5.75 Å². The van der Waals surface area contributed by atoms with Crippen LogP contribution in [-0.4, -0.2) is 136 Å².